The number of nitrogens with zero attached hydrogens (tertiary/aromatic N) is 2. The molecule has 1 aliphatic carbocycles. The lowest BCUT2D eigenvalue weighted by Crippen LogP contribution is -2.24. The summed E-state index contributed by atoms with van der Waals surface area (Å²) < 4.78 is 40.0. The van der Waals surface area contributed by atoms with Gasteiger partial charge in [0.05, 0.1) is 0 Å². The minimum Gasteiger partial charge on any atom is -0.351 e. The van der Waals surface area contributed by atoms with E-state index in [-0.39, 0.29) is 17.8 Å². The van der Waals surface area contributed by atoms with Crippen molar-refractivity contribution in [1.82, 2.24) is 9.97 Å². The molecule has 2 N–H and O–H groups in total. The molecule has 4 nitrogen and oxygen atoms in total. The van der Waals surface area contributed by atoms with Gasteiger partial charge in [-0.15, -0.1) is 0 Å². The normalized spacial score (nSPS) is 15.6. The van der Waals surface area contributed by atoms with E-state index < -0.39 is 11.9 Å². The number of nitrogens with one attached hydrogen (secondary N) is 2. The Labute approximate surface area is 157 Å². The molecule has 0 atom stereocenters. The van der Waals surface area contributed by atoms with Crippen LogP contribution in [0.3, 0.4) is 0 Å². The van der Waals surface area contributed by atoms with Crippen LogP contribution in [0.5, 0.6) is 0 Å². The molecule has 3 rings (SSSR count). The summed E-state index contributed by atoms with van der Waals surface area (Å²) in [5.74, 6) is 0.173. The van der Waals surface area contributed by atoms with Crippen molar-refractivity contribution >= 4 is 17.5 Å². The summed E-state index contributed by atoms with van der Waals surface area (Å²) in [5.41, 5.74) is 2.86. The average molecular weight is 378 g/mol. The number of hydrogen-bond acceptors (Lipinski definition) is 4. The zero-order valence-corrected chi connectivity index (χ0v) is 15.9. The molecule has 1 fully saturated rings. The Morgan fingerprint density at radius 1 is 0.926 bits per heavy atom. The van der Waals surface area contributed by atoms with Gasteiger partial charge in [-0.3, -0.25) is 0 Å². The van der Waals surface area contributed by atoms with Crippen molar-refractivity contribution in [3.05, 3.63) is 40.6 Å². The highest BCUT2D eigenvalue weighted by Gasteiger charge is 2.34. The van der Waals surface area contributed by atoms with E-state index in [9.17, 15) is 13.2 Å². The van der Waals surface area contributed by atoms with E-state index in [2.05, 4.69) is 20.6 Å². The quantitative estimate of drug-likeness (QED) is 0.694. The fraction of sp³-hybridized carbons (Fsp3) is 0.500. The molecule has 1 aliphatic rings. The molecule has 0 unspecified atom stereocenters. The van der Waals surface area contributed by atoms with Gasteiger partial charge in [0.1, 0.15) is 5.82 Å². The maximum atomic E-state index is 13.3. The molecule has 2 aromatic rings. The summed E-state index contributed by atoms with van der Waals surface area (Å²) in [4.78, 5) is 8.02. The zero-order chi connectivity index (χ0) is 19.6. The summed E-state index contributed by atoms with van der Waals surface area (Å²) in [6, 6.07) is 5.06. The Bertz CT molecular complexity index is 788. The van der Waals surface area contributed by atoms with Crippen LogP contribution in [0.2, 0.25) is 0 Å². The first-order chi connectivity index (χ1) is 12.7. The number of rotatable bonds is 4. The highest BCUT2D eigenvalue weighted by Crippen LogP contribution is 2.32. The van der Waals surface area contributed by atoms with E-state index in [0.29, 0.717) is 0 Å². The lowest BCUT2D eigenvalue weighted by atomic mass is 9.96. The third kappa shape index (κ3) is 4.90. The zero-order valence-electron chi connectivity index (χ0n) is 15.9. The summed E-state index contributed by atoms with van der Waals surface area (Å²) in [6.45, 7) is 5.84. The van der Waals surface area contributed by atoms with E-state index in [4.69, 9.17) is 0 Å². The van der Waals surface area contributed by atoms with Gasteiger partial charge in [0.25, 0.3) is 0 Å². The Morgan fingerprint density at radius 3 is 2.15 bits per heavy atom. The maximum absolute atomic E-state index is 13.3. The maximum Gasteiger partial charge on any atom is 0.433 e. The Morgan fingerprint density at radius 2 is 1.56 bits per heavy atom. The van der Waals surface area contributed by atoms with Crippen molar-refractivity contribution in [3.63, 3.8) is 0 Å². The van der Waals surface area contributed by atoms with E-state index in [1.54, 1.807) is 0 Å². The van der Waals surface area contributed by atoms with E-state index >= 15 is 0 Å². The molecule has 0 amide bonds. The fourth-order valence-corrected chi connectivity index (χ4v) is 3.66. The first-order valence-electron chi connectivity index (χ1n) is 9.30. The summed E-state index contributed by atoms with van der Waals surface area (Å²) in [7, 11) is 0. The van der Waals surface area contributed by atoms with E-state index in [1.165, 1.54) is 6.42 Å². The van der Waals surface area contributed by atoms with Crippen LogP contribution in [-0.2, 0) is 6.18 Å². The van der Waals surface area contributed by atoms with Crippen LogP contribution in [0.4, 0.5) is 30.6 Å². The van der Waals surface area contributed by atoms with Crippen LogP contribution < -0.4 is 10.6 Å². The van der Waals surface area contributed by atoms with Crippen molar-refractivity contribution in [1.29, 1.82) is 0 Å². The second-order valence-corrected chi connectivity index (χ2v) is 7.34. The van der Waals surface area contributed by atoms with Crippen LogP contribution in [0.1, 0.15) is 54.5 Å². The van der Waals surface area contributed by atoms with Gasteiger partial charge in [-0.25, -0.2) is 4.98 Å². The van der Waals surface area contributed by atoms with Gasteiger partial charge in [-0.1, -0.05) is 37.0 Å². The van der Waals surface area contributed by atoms with Gasteiger partial charge >= 0.3 is 6.18 Å². The number of hydrogen-bond donors (Lipinski definition) is 2. The van der Waals surface area contributed by atoms with Crippen molar-refractivity contribution in [2.24, 2.45) is 0 Å². The first-order valence-corrected chi connectivity index (χ1v) is 9.30. The minimum atomic E-state index is -4.53. The number of anilines is 3. The molecule has 0 radical (unpaired) electrons. The highest BCUT2D eigenvalue weighted by atomic mass is 19.4. The van der Waals surface area contributed by atoms with Gasteiger partial charge < -0.3 is 10.6 Å². The number of aromatic nitrogens is 2. The third-order valence-corrected chi connectivity index (χ3v) is 4.89. The first kappa shape index (κ1) is 19.5. The predicted molar refractivity (Wildman–Crippen MR) is 101 cm³/mol. The van der Waals surface area contributed by atoms with Gasteiger partial charge in [-0.05, 0) is 44.7 Å². The lowest BCUT2D eigenvalue weighted by molar-refractivity contribution is -0.141. The lowest BCUT2D eigenvalue weighted by Gasteiger charge is -2.23. The van der Waals surface area contributed by atoms with Crippen molar-refractivity contribution in [3.8, 4) is 0 Å². The van der Waals surface area contributed by atoms with E-state index in [0.717, 1.165) is 54.1 Å². The van der Waals surface area contributed by atoms with Gasteiger partial charge in [0, 0.05) is 17.8 Å². The number of aryl methyl sites for hydroxylation is 3. The second-order valence-electron chi connectivity index (χ2n) is 7.34. The smallest absolute Gasteiger partial charge is 0.351 e. The summed E-state index contributed by atoms with van der Waals surface area (Å²) in [5, 5.41) is 6.16. The Balaban J connectivity index is 1.93. The minimum absolute atomic E-state index is 0.0293. The highest BCUT2D eigenvalue weighted by molar-refractivity contribution is 5.66. The molecule has 0 spiro atoms. The fourth-order valence-electron chi connectivity index (χ4n) is 3.66. The number of halogens is 3. The van der Waals surface area contributed by atoms with Crippen LogP contribution in [-0.4, -0.2) is 16.0 Å². The van der Waals surface area contributed by atoms with Gasteiger partial charge in [-0.2, -0.15) is 18.2 Å². The van der Waals surface area contributed by atoms with Crippen LogP contribution in [0, 0.1) is 20.8 Å². The van der Waals surface area contributed by atoms with Gasteiger partial charge in [0.15, 0.2) is 5.69 Å². The number of benzene rings is 1. The standard InChI is InChI=1S/C20H25F3N4/c1-12-9-13(2)18(14(3)10-12)26-17-11-16(20(21,22)23)25-19(27-17)24-15-7-5-4-6-8-15/h9-11,15H,4-8H2,1-3H3,(H2,24,25,26,27). The molecular weight excluding hydrogens is 353 g/mol. The molecule has 7 heteroatoms. The van der Waals surface area contributed by atoms with Gasteiger partial charge in [0.2, 0.25) is 5.95 Å². The van der Waals surface area contributed by atoms with E-state index in [1.807, 2.05) is 32.9 Å². The van der Waals surface area contributed by atoms with Crippen molar-refractivity contribution < 1.29 is 13.2 Å². The Hall–Kier alpha value is -2.31. The van der Waals surface area contributed by atoms with Crippen molar-refractivity contribution in [2.75, 3.05) is 10.6 Å². The Kier molecular flexibility index (Phi) is 5.58. The average Bonchev–Trinajstić information content (AvgIpc) is 2.58. The van der Waals surface area contributed by atoms with Crippen LogP contribution >= 0.6 is 0 Å². The van der Waals surface area contributed by atoms with Crippen LogP contribution in [0.15, 0.2) is 18.2 Å². The molecule has 1 heterocycles. The number of alkyl halides is 3. The molecule has 1 saturated carbocycles. The summed E-state index contributed by atoms with van der Waals surface area (Å²) in [6.07, 6.45) is 0.643. The molecule has 27 heavy (non-hydrogen) atoms. The monoisotopic (exact) mass is 378 g/mol. The predicted octanol–water partition coefficient (Wildman–Crippen LogP) is 5.91. The topological polar surface area (TPSA) is 49.8 Å². The van der Waals surface area contributed by atoms with Crippen LogP contribution in [0.25, 0.3) is 0 Å². The molecule has 146 valence electrons. The largest absolute Gasteiger partial charge is 0.433 e. The molecule has 1 aromatic heterocycles. The van der Waals surface area contributed by atoms with Crippen molar-refractivity contribution in [2.45, 2.75) is 65.1 Å². The molecular formula is C20H25F3N4. The SMILES string of the molecule is Cc1cc(C)c(Nc2cc(C(F)(F)F)nc(NC3CCCCC3)n2)c(C)c1. The molecule has 0 bridgehead atoms. The third-order valence-electron chi connectivity index (χ3n) is 4.89. The molecule has 1 aromatic carbocycles. The second kappa shape index (κ2) is 7.74. The molecule has 0 saturated heterocycles. The summed E-state index contributed by atoms with van der Waals surface area (Å²) >= 11 is 0. The molecule has 0 aliphatic heterocycles.